The van der Waals surface area contributed by atoms with Gasteiger partial charge in [0.15, 0.2) is 5.65 Å². The zero-order valence-corrected chi connectivity index (χ0v) is 14.8. The van der Waals surface area contributed by atoms with Crippen molar-refractivity contribution in [3.05, 3.63) is 50.5 Å². The van der Waals surface area contributed by atoms with Crippen LogP contribution in [0.25, 0.3) is 5.65 Å². The number of amides is 1. The first-order chi connectivity index (χ1) is 12.2. The molecule has 1 fully saturated rings. The molecule has 4 heterocycles. The molecule has 4 rings (SSSR count). The molecule has 1 N–H and O–H groups in total. The van der Waals surface area contributed by atoms with Crippen molar-refractivity contribution < 1.29 is 4.79 Å². The summed E-state index contributed by atoms with van der Waals surface area (Å²) in [5.41, 5.74) is 4.25. The molecule has 0 radical (unpaired) electrons. The number of carbonyl (C=O) groups is 1. The quantitative estimate of drug-likeness (QED) is 0.780. The van der Waals surface area contributed by atoms with Crippen molar-refractivity contribution in [2.24, 2.45) is 0 Å². The minimum atomic E-state index is -0.124. The zero-order valence-electron chi connectivity index (χ0n) is 13.9. The molecule has 8 heteroatoms. The standard InChI is InChI=1S/C17H19N5O2S/c1-2-11-7-16(23)22-15(19-11)8-12(20-22)14-5-3-4-6-21(14)17(24)13-9-25-10-18-13/h7-10,14,20H,2-6H2,1H3. The molecule has 0 bridgehead atoms. The number of carbonyl (C=O) groups excluding carboxylic acids is 1. The largest absolute Gasteiger partial charge is 0.329 e. The minimum absolute atomic E-state index is 0.0563. The van der Waals surface area contributed by atoms with Gasteiger partial charge in [-0.25, -0.2) is 14.5 Å². The Morgan fingerprint density at radius 3 is 3.04 bits per heavy atom. The van der Waals surface area contributed by atoms with E-state index >= 15 is 0 Å². The van der Waals surface area contributed by atoms with E-state index in [-0.39, 0.29) is 17.5 Å². The number of H-pyrrole nitrogens is 1. The second-order valence-corrected chi connectivity index (χ2v) is 6.95. The highest BCUT2D eigenvalue weighted by molar-refractivity contribution is 7.07. The number of nitrogens with zero attached hydrogens (tertiary/aromatic N) is 4. The fourth-order valence-electron chi connectivity index (χ4n) is 3.37. The van der Waals surface area contributed by atoms with Crippen molar-refractivity contribution in [2.75, 3.05) is 6.54 Å². The van der Waals surface area contributed by atoms with Gasteiger partial charge in [-0.2, -0.15) is 0 Å². The maximum Gasteiger partial charge on any atom is 0.273 e. The molecule has 0 aromatic carbocycles. The molecule has 3 aromatic rings. The first-order valence-corrected chi connectivity index (χ1v) is 9.42. The van der Waals surface area contributed by atoms with Crippen molar-refractivity contribution in [1.29, 1.82) is 0 Å². The molecule has 1 amide bonds. The predicted molar refractivity (Wildman–Crippen MR) is 94.9 cm³/mol. The minimum Gasteiger partial charge on any atom is -0.329 e. The van der Waals surface area contributed by atoms with Gasteiger partial charge >= 0.3 is 0 Å². The molecule has 1 aliphatic rings. The third-order valence-electron chi connectivity index (χ3n) is 4.66. The Bertz CT molecular complexity index is 959. The highest BCUT2D eigenvalue weighted by Gasteiger charge is 2.31. The lowest BCUT2D eigenvalue weighted by molar-refractivity contribution is 0.0600. The third-order valence-corrected chi connectivity index (χ3v) is 5.25. The average molecular weight is 357 g/mol. The molecule has 1 unspecified atom stereocenters. The number of aromatic nitrogens is 4. The number of likely N-dealkylation sites (tertiary alicyclic amines) is 1. The normalized spacial score (nSPS) is 18.0. The number of hydrogen-bond acceptors (Lipinski definition) is 5. The van der Waals surface area contributed by atoms with Gasteiger partial charge in [0.1, 0.15) is 5.69 Å². The zero-order chi connectivity index (χ0) is 17.4. The molecule has 0 aliphatic carbocycles. The van der Waals surface area contributed by atoms with E-state index in [2.05, 4.69) is 15.1 Å². The molecule has 25 heavy (non-hydrogen) atoms. The van der Waals surface area contributed by atoms with Crippen LogP contribution in [0.4, 0.5) is 0 Å². The summed E-state index contributed by atoms with van der Waals surface area (Å²) in [6, 6.07) is 3.35. The SMILES string of the molecule is CCc1cc(=O)n2[nH]c(C3CCCCN3C(=O)c3cscn3)cc2n1. The molecule has 7 nitrogen and oxygen atoms in total. The van der Waals surface area contributed by atoms with E-state index in [1.807, 2.05) is 17.9 Å². The summed E-state index contributed by atoms with van der Waals surface area (Å²) in [6.45, 7) is 2.67. The summed E-state index contributed by atoms with van der Waals surface area (Å²) >= 11 is 1.42. The van der Waals surface area contributed by atoms with Crippen LogP contribution in [-0.4, -0.2) is 36.9 Å². The Kier molecular flexibility index (Phi) is 4.12. The molecular formula is C17H19N5O2S. The fraction of sp³-hybridized carbons (Fsp3) is 0.412. The van der Waals surface area contributed by atoms with Crippen molar-refractivity contribution >= 4 is 22.9 Å². The van der Waals surface area contributed by atoms with Crippen LogP contribution in [0.5, 0.6) is 0 Å². The molecule has 0 saturated carbocycles. The van der Waals surface area contributed by atoms with Crippen molar-refractivity contribution in [2.45, 2.75) is 38.6 Å². The summed E-state index contributed by atoms with van der Waals surface area (Å²) in [5, 5.41) is 4.92. The van der Waals surface area contributed by atoms with Gasteiger partial charge in [-0.1, -0.05) is 6.92 Å². The maximum atomic E-state index is 12.8. The second kappa shape index (κ2) is 6.44. The molecular weight excluding hydrogens is 338 g/mol. The Hall–Kier alpha value is -2.48. The number of piperidine rings is 1. The predicted octanol–water partition coefficient (Wildman–Crippen LogP) is 2.41. The Morgan fingerprint density at radius 1 is 1.40 bits per heavy atom. The number of fused-ring (bicyclic) bond motifs is 1. The van der Waals surface area contributed by atoms with Gasteiger partial charge in [-0.15, -0.1) is 11.3 Å². The van der Waals surface area contributed by atoms with E-state index in [9.17, 15) is 9.59 Å². The Morgan fingerprint density at radius 2 is 2.28 bits per heavy atom. The van der Waals surface area contributed by atoms with Gasteiger partial charge in [0.2, 0.25) is 0 Å². The Balaban J connectivity index is 1.73. The van der Waals surface area contributed by atoms with Crippen LogP contribution in [-0.2, 0) is 6.42 Å². The highest BCUT2D eigenvalue weighted by atomic mass is 32.1. The van der Waals surface area contributed by atoms with Crippen LogP contribution in [0.1, 0.15) is 54.1 Å². The Labute approximate surface area is 148 Å². The van der Waals surface area contributed by atoms with Gasteiger partial charge in [-0.3, -0.25) is 14.7 Å². The van der Waals surface area contributed by atoms with Crippen molar-refractivity contribution in [3.8, 4) is 0 Å². The van der Waals surface area contributed by atoms with Crippen molar-refractivity contribution in [3.63, 3.8) is 0 Å². The third kappa shape index (κ3) is 2.86. The van der Waals surface area contributed by atoms with E-state index in [4.69, 9.17) is 0 Å². The summed E-state index contributed by atoms with van der Waals surface area (Å²) < 4.78 is 1.45. The number of hydrogen-bond donors (Lipinski definition) is 1. The van der Waals surface area contributed by atoms with Gasteiger partial charge in [-0.05, 0) is 25.7 Å². The second-order valence-electron chi connectivity index (χ2n) is 6.23. The van der Waals surface area contributed by atoms with Crippen LogP contribution in [0.15, 0.2) is 27.8 Å². The molecule has 3 aromatic heterocycles. The van der Waals surface area contributed by atoms with Gasteiger partial charge in [0.05, 0.1) is 17.2 Å². The summed E-state index contributed by atoms with van der Waals surface area (Å²) in [6.07, 6.45) is 3.59. The maximum absolute atomic E-state index is 12.8. The number of aryl methyl sites for hydroxylation is 1. The fourth-order valence-corrected chi connectivity index (χ4v) is 3.90. The van der Waals surface area contributed by atoms with Gasteiger partial charge in [0.25, 0.3) is 11.5 Å². The lowest BCUT2D eigenvalue weighted by Crippen LogP contribution is -2.39. The summed E-state index contributed by atoms with van der Waals surface area (Å²) in [4.78, 5) is 35.6. The van der Waals surface area contributed by atoms with E-state index in [1.54, 1.807) is 17.0 Å². The summed E-state index contributed by atoms with van der Waals surface area (Å²) in [7, 11) is 0. The average Bonchev–Trinajstić information content (AvgIpc) is 3.31. The lowest BCUT2D eigenvalue weighted by Gasteiger charge is -2.34. The first-order valence-electron chi connectivity index (χ1n) is 8.48. The van der Waals surface area contributed by atoms with Crippen LogP contribution >= 0.6 is 11.3 Å². The van der Waals surface area contributed by atoms with E-state index in [0.717, 1.165) is 30.7 Å². The smallest absolute Gasteiger partial charge is 0.273 e. The van der Waals surface area contributed by atoms with Gasteiger partial charge in [0, 0.05) is 29.8 Å². The first kappa shape index (κ1) is 16.0. The number of thiazole rings is 1. The monoisotopic (exact) mass is 357 g/mol. The number of nitrogens with one attached hydrogen (secondary N) is 1. The van der Waals surface area contributed by atoms with Crippen LogP contribution in [0.2, 0.25) is 0 Å². The van der Waals surface area contributed by atoms with E-state index < -0.39 is 0 Å². The number of rotatable bonds is 3. The highest BCUT2D eigenvalue weighted by Crippen LogP contribution is 2.31. The molecule has 0 spiro atoms. The van der Waals surface area contributed by atoms with E-state index in [0.29, 0.717) is 24.3 Å². The van der Waals surface area contributed by atoms with Crippen LogP contribution < -0.4 is 5.56 Å². The van der Waals surface area contributed by atoms with E-state index in [1.165, 1.54) is 15.9 Å². The van der Waals surface area contributed by atoms with Gasteiger partial charge < -0.3 is 4.90 Å². The topological polar surface area (TPSA) is 83.4 Å². The van der Waals surface area contributed by atoms with Crippen LogP contribution in [0, 0.1) is 0 Å². The molecule has 130 valence electrons. The van der Waals surface area contributed by atoms with Crippen molar-refractivity contribution in [1.82, 2.24) is 24.5 Å². The lowest BCUT2D eigenvalue weighted by atomic mass is 9.99. The van der Waals surface area contributed by atoms with Crippen LogP contribution in [0.3, 0.4) is 0 Å². The molecule has 1 saturated heterocycles. The molecule has 1 atom stereocenters. The number of aromatic amines is 1. The summed E-state index contributed by atoms with van der Waals surface area (Å²) in [5.74, 6) is -0.0563. The molecule has 1 aliphatic heterocycles.